The van der Waals surface area contributed by atoms with Gasteiger partial charge in [0.2, 0.25) is 0 Å². The Bertz CT molecular complexity index is 1100. The van der Waals surface area contributed by atoms with Crippen LogP contribution in [0.25, 0.3) is 10.9 Å². The van der Waals surface area contributed by atoms with E-state index in [9.17, 15) is 9.18 Å². The van der Waals surface area contributed by atoms with Crippen LogP contribution < -0.4 is 10.3 Å². The Labute approximate surface area is 180 Å². The number of benzene rings is 2. The molecule has 30 heavy (non-hydrogen) atoms. The minimum absolute atomic E-state index is 0.0363. The fourth-order valence-electron chi connectivity index (χ4n) is 4.09. The highest BCUT2D eigenvalue weighted by Crippen LogP contribution is 2.45. The standard InChI is InChI=1S/C24H26FNO3S/c1-3-30-24(8-10-28-11-9-24)19-13-20(25)15-21(14-19)29-16-17-4-6-22-18(12-17)5-7-23(27)26(22)2/h4-7,12-15H,3,8-11,16H2,1-2H3. The summed E-state index contributed by atoms with van der Waals surface area (Å²) in [5.41, 5.74) is 2.78. The second-order valence-electron chi connectivity index (χ2n) is 7.63. The van der Waals surface area contributed by atoms with Crippen LogP contribution in [0.3, 0.4) is 0 Å². The molecular formula is C24H26FNO3S. The lowest BCUT2D eigenvalue weighted by Crippen LogP contribution is -2.31. The smallest absolute Gasteiger partial charge is 0.250 e. The Kier molecular flexibility index (Phi) is 6.16. The summed E-state index contributed by atoms with van der Waals surface area (Å²) in [5, 5.41) is 0.971. The molecule has 1 fully saturated rings. The van der Waals surface area contributed by atoms with E-state index in [4.69, 9.17) is 9.47 Å². The highest BCUT2D eigenvalue weighted by Gasteiger charge is 2.35. The zero-order valence-corrected chi connectivity index (χ0v) is 18.1. The summed E-state index contributed by atoms with van der Waals surface area (Å²) in [5.74, 6) is 1.22. The fraction of sp³-hybridized carbons (Fsp3) is 0.375. The second-order valence-corrected chi connectivity index (χ2v) is 9.28. The molecule has 0 atom stereocenters. The van der Waals surface area contributed by atoms with E-state index in [-0.39, 0.29) is 16.1 Å². The number of aromatic nitrogens is 1. The van der Waals surface area contributed by atoms with Crippen LogP contribution in [0, 0.1) is 5.82 Å². The van der Waals surface area contributed by atoms with Gasteiger partial charge in [0.05, 0.1) is 5.52 Å². The van der Waals surface area contributed by atoms with Gasteiger partial charge in [-0.1, -0.05) is 13.0 Å². The van der Waals surface area contributed by atoms with Crippen LogP contribution in [0.15, 0.2) is 53.3 Å². The van der Waals surface area contributed by atoms with Crippen molar-refractivity contribution in [1.82, 2.24) is 4.57 Å². The lowest BCUT2D eigenvalue weighted by Gasteiger charge is -2.37. The van der Waals surface area contributed by atoms with E-state index in [2.05, 4.69) is 6.92 Å². The predicted octanol–water partition coefficient (Wildman–Crippen LogP) is 5.02. The van der Waals surface area contributed by atoms with E-state index in [0.29, 0.717) is 25.6 Å². The Morgan fingerprint density at radius 2 is 1.93 bits per heavy atom. The van der Waals surface area contributed by atoms with Crippen LogP contribution >= 0.6 is 11.8 Å². The SMILES string of the molecule is CCSC1(c2cc(F)cc(OCc3ccc4c(ccc(=O)n4C)c3)c2)CCOCC1. The summed E-state index contributed by atoms with van der Waals surface area (Å²) < 4.78 is 27.5. The number of rotatable bonds is 6. The topological polar surface area (TPSA) is 40.5 Å². The number of nitrogens with zero attached hydrogens (tertiary/aromatic N) is 1. The summed E-state index contributed by atoms with van der Waals surface area (Å²) in [7, 11) is 1.76. The van der Waals surface area contributed by atoms with Gasteiger partial charge in [-0.2, -0.15) is 11.8 Å². The Morgan fingerprint density at radius 1 is 1.13 bits per heavy atom. The van der Waals surface area contributed by atoms with E-state index in [1.165, 1.54) is 6.07 Å². The van der Waals surface area contributed by atoms with Gasteiger partial charge >= 0.3 is 0 Å². The number of thioether (sulfide) groups is 1. The largest absolute Gasteiger partial charge is 0.489 e. The molecule has 1 aromatic heterocycles. The zero-order chi connectivity index (χ0) is 21.1. The van der Waals surface area contributed by atoms with E-state index in [1.807, 2.05) is 42.1 Å². The predicted molar refractivity (Wildman–Crippen MR) is 120 cm³/mol. The van der Waals surface area contributed by atoms with Gasteiger partial charge in [-0.3, -0.25) is 4.79 Å². The average Bonchev–Trinajstić information content (AvgIpc) is 2.75. The van der Waals surface area contributed by atoms with Crippen molar-refractivity contribution in [3.63, 3.8) is 0 Å². The summed E-state index contributed by atoms with van der Waals surface area (Å²) in [6, 6.07) is 14.3. The second kappa shape index (κ2) is 8.82. The molecule has 0 aliphatic carbocycles. The number of halogens is 1. The Balaban J connectivity index is 1.57. The molecule has 3 aromatic rings. The highest BCUT2D eigenvalue weighted by atomic mass is 32.2. The van der Waals surface area contributed by atoms with E-state index in [0.717, 1.165) is 40.6 Å². The van der Waals surface area contributed by atoms with Crippen molar-refractivity contribution in [2.45, 2.75) is 31.1 Å². The van der Waals surface area contributed by atoms with Crippen LogP contribution in [0.1, 0.15) is 30.9 Å². The van der Waals surface area contributed by atoms with Crippen LogP contribution in [0.4, 0.5) is 4.39 Å². The van der Waals surface area contributed by atoms with Crippen molar-refractivity contribution in [2.75, 3.05) is 19.0 Å². The van der Waals surface area contributed by atoms with Gasteiger partial charge in [-0.05, 0) is 65.4 Å². The number of ether oxygens (including phenoxy) is 2. The molecule has 1 saturated heterocycles. The van der Waals surface area contributed by atoms with Gasteiger partial charge in [0.25, 0.3) is 5.56 Å². The van der Waals surface area contributed by atoms with Crippen LogP contribution in [0.5, 0.6) is 5.75 Å². The lowest BCUT2D eigenvalue weighted by atomic mass is 9.90. The van der Waals surface area contributed by atoms with E-state index in [1.54, 1.807) is 23.7 Å². The number of hydrogen-bond donors (Lipinski definition) is 0. The molecular weight excluding hydrogens is 401 g/mol. The van der Waals surface area contributed by atoms with E-state index >= 15 is 0 Å². The summed E-state index contributed by atoms with van der Waals surface area (Å²) in [6.07, 6.45) is 1.75. The third kappa shape index (κ3) is 4.25. The Hall–Kier alpha value is -2.31. The minimum Gasteiger partial charge on any atom is -0.489 e. The van der Waals surface area contributed by atoms with Gasteiger partial charge in [0.15, 0.2) is 0 Å². The number of fused-ring (bicyclic) bond motifs is 1. The summed E-state index contributed by atoms with van der Waals surface area (Å²) in [6.45, 7) is 3.85. The molecule has 1 aliphatic rings. The van der Waals surface area contributed by atoms with Crippen molar-refractivity contribution in [3.8, 4) is 5.75 Å². The van der Waals surface area contributed by atoms with Crippen molar-refractivity contribution in [2.24, 2.45) is 7.05 Å². The molecule has 0 amide bonds. The molecule has 1 aliphatic heterocycles. The molecule has 4 rings (SSSR count). The molecule has 0 spiro atoms. The van der Waals surface area contributed by atoms with E-state index < -0.39 is 0 Å². The van der Waals surface area contributed by atoms with Crippen LogP contribution in [0.2, 0.25) is 0 Å². The maximum absolute atomic E-state index is 14.5. The number of pyridine rings is 1. The molecule has 0 radical (unpaired) electrons. The maximum atomic E-state index is 14.5. The molecule has 4 nitrogen and oxygen atoms in total. The number of aryl methyl sites for hydroxylation is 1. The summed E-state index contributed by atoms with van der Waals surface area (Å²) >= 11 is 1.86. The van der Waals surface area contributed by atoms with Crippen LogP contribution in [-0.2, 0) is 23.1 Å². The molecule has 0 bridgehead atoms. The van der Waals surface area contributed by atoms with Gasteiger partial charge in [-0.25, -0.2) is 4.39 Å². The van der Waals surface area contributed by atoms with Crippen molar-refractivity contribution in [1.29, 1.82) is 0 Å². The number of hydrogen-bond acceptors (Lipinski definition) is 4. The average molecular weight is 428 g/mol. The molecule has 0 N–H and O–H groups in total. The third-order valence-electron chi connectivity index (χ3n) is 5.71. The van der Waals surface area contributed by atoms with Gasteiger partial charge in [0, 0.05) is 37.1 Å². The quantitative estimate of drug-likeness (QED) is 0.554. The zero-order valence-electron chi connectivity index (χ0n) is 17.3. The van der Waals surface area contributed by atoms with Crippen molar-refractivity contribution < 1.29 is 13.9 Å². The van der Waals surface area contributed by atoms with Gasteiger partial charge in [-0.15, -0.1) is 0 Å². The first-order chi connectivity index (χ1) is 14.5. The molecule has 2 aromatic carbocycles. The monoisotopic (exact) mass is 427 g/mol. The first kappa shape index (κ1) is 20.9. The molecule has 2 heterocycles. The lowest BCUT2D eigenvalue weighted by molar-refractivity contribution is 0.0767. The third-order valence-corrected chi connectivity index (χ3v) is 7.20. The normalized spacial score (nSPS) is 16.0. The molecule has 158 valence electrons. The van der Waals surface area contributed by atoms with Gasteiger partial charge in [0.1, 0.15) is 18.2 Å². The van der Waals surface area contributed by atoms with Crippen molar-refractivity contribution in [3.05, 3.63) is 75.8 Å². The van der Waals surface area contributed by atoms with Gasteiger partial charge < -0.3 is 14.0 Å². The fourth-order valence-corrected chi connectivity index (χ4v) is 5.39. The van der Waals surface area contributed by atoms with Crippen molar-refractivity contribution >= 4 is 22.7 Å². The molecule has 6 heteroatoms. The first-order valence-corrected chi connectivity index (χ1v) is 11.2. The molecule has 0 unspecified atom stereocenters. The minimum atomic E-state index is -0.279. The van der Waals surface area contributed by atoms with Crippen LogP contribution in [-0.4, -0.2) is 23.5 Å². The Morgan fingerprint density at radius 3 is 2.70 bits per heavy atom. The highest BCUT2D eigenvalue weighted by molar-refractivity contribution is 8.00. The summed E-state index contributed by atoms with van der Waals surface area (Å²) in [4.78, 5) is 11.8. The first-order valence-electron chi connectivity index (χ1n) is 10.2. The molecule has 0 saturated carbocycles. The maximum Gasteiger partial charge on any atom is 0.250 e.